The standard InChI is InChI=1S/C12H19N5OS/c1-7(2)5-6-13-10(18)11-16-17-9(8(3)4)14-15-12(17)19-11/h7-8H,5-6H2,1-4H3,(H,13,18). The first-order chi connectivity index (χ1) is 8.99. The van der Waals surface area contributed by atoms with Gasteiger partial charge in [0, 0.05) is 12.5 Å². The zero-order valence-electron chi connectivity index (χ0n) is 11.7. The molecule has 0 saturated heterocycles. The number of carbonyl (C=O) groups excluding carboxylic acids is 1. The summed E-state index contributed by atoms with van der Waals surface area (Å²) >= 11 is 1.27. The number of nitrogens with one attached hydrogen (secondary N) is 1. The van der Waals surface area contributed by atoms with Gasteiger partial charge in [-0.05, 0) is 12.3 Å². The van der Waals surface area contributed by atoms with Gasteiger partial charge in [0.1, 0.15) is 0 Å². The van der Waals surface area contributed by atoms with Crippen molar-refractivity contribution in [1.82, 2.24) is 25.1 Å². The number of hydrogen-bond donors (Lipinski definition) is 1. The molecule has 0 spiro atoms. The number of nitrogens with zero attached hydrogens (tertiary/aromatic N) is 4. The third kappa shape index (κ3) is 3.09. The molecule has 0 unspecified atom stereocenters. The molecule has 0 aliphatic rings. The van der Waals surface area contributed by atoms with Gasteiger partial charge >= 0.3 is 0 Å². The molecule has 1 amide bonds. The summed E-state index contributed by atoms with van der Waals surface area (Å²) in [5.41, 5.74) is 0. The van der Waals surface area contributed by atoms with E-state index in [1.807, 2.05) is 13.8 Å². The topological polar surface area (TPSA) is 72.2 Å². The van der Waals surface area contributed by atoms with E-state index in [0.717, 1.165) is 12.2 Å². The third-order valence-electron chi connectivity index (χ3n) is 2.73. The van der Waals surface area contributed by atoms with Crippen molar-refractivity contribution in [2.24, 2.45) is 5.92 Å². The molecule has 0 saturated carbocycles. The molecule has 0 atom stereocenters. The van der Waals surface area contributed by atoms with Gasteiger partial charge in [-0.1, -0.05) is 39.0 Å². The van der Waals surface area contributed by atoms with Gasteiger partial charge in [-0.25, -0.2) is 0 Å². The summed E-state index contributed by atoms with van der Waals surface area (Å²) in [6.45, 7) is 8.98. The van der Waals surface area contributed by atoms with Crippen LogP contribution in [-0.4, -0.2) is 32.3 Å². The van der Waals surface area contributed by atoms with Gasteiger partial charge in [0.25, 0.3) is 5.91 Å². The Balaban J connectivity index is 2.10. The Morgan fingerprint density at radius 1 is 1.32 bits per heavy atom. The number of fused-ring (bicyclic) bond motifs is 1. The van der Waals surface area contributed by atoms with Gasteiger partial charge in [0.05, 0.1) is 0 Å². The quantitative estimate of drug-likeness (QED) is 0.910. The predicted molar refractivity (Wildman–Crippen MR) is 74.5 cm³/mol. The number of carbonyl (C=O) groups is 1. The van der Waals surface area contributed by atoms with Crippen LogP contribution in [0.25, 0.3) is 4.96 Å². The lowest BCUT2D eigenvalue weighted by Crippen LogP contribution is -2.25. The lowest BCUT2D eigenvalue weighted by Gasteiger charge is -2.04. The summed E-state index contributed by atoms with van der Waals surface area (Å²) in [5, 5.41) is 15.7. The smallest absolute Gasteiger partial charge is 0.282 e. The highest BCUT2D eigenvalue weighted by Gasteiger charge is 2.17. The lowest BCUT2D eigenvalue weighted by molar-refractivity contribution is 0.0950. The van der Waals surface area contributed by atoms with Crippen LogP contribution >= 0.6 is 11.3 Å². The predicted octanol–water partition coefficient (Wildman–Crippen LogP) is 2.09. The summed E-state index contributed by atoms with van der Waals surface area (Å²) in [7, 11) is 0. The fourth-order valence-corrected chi connectivity index (χ4v) is 2.40. The maximum Gasteiger partial charge on any atom is 0.282 e. The van der Waals surface area contributed by atoms with Crippen molar-refractivity contribution < 1.29 is 4.79 Å². The van der Waals surface area contributed by atoms with Gasteiger partial charge in [-0.3, -0.25) is 4.79 Å². The molecule has 104 valence electrons. The van der Waals surface area contributed by atoms with Gasteiger partial charge in [-0.15, -0.1) is 15.3 Å². The van der Waals surface area contributed by atoms with Crippen molar-refractivity contribution in [3.05, 3.63) is 10.8 Å². The number of hydrogen-bond acceptors (Lipinski definition) is 5. The Hall–Kier alpha value is -1.50. The maximum absolute atomic E-state index is 12.0. The first-order valence-corrected chi connectivity index (χ1v) is 7.31. The number of rotatable bonds is 5. The van der Waals surface area contributed by atoms with E-state index in [1.165, 1.54) is 11.3 Å². The monoisotopic (exact) mass is 281 g/mol. The molecular formula is C12H19N5OS. The average molecular weight is 281 g/mol. The fraction of sp³-hybridized carbons (Fsp3) is 0.667. The fourth-order valence-electron chi connectivity index (χ4n) is 1.63. The molecule has 0 aliphatic heterocycles. The van der Waals surface area contributed by atoms with Crippen LogP contribution in [0.15, 0.2) is 0 Å². The highest BCUT2D eigenvalue weighted by molar-refractivity contribution is 7.18. The molecule has 6 nitrogen and oxygen atoms in total. The Morgan fingerprint density at radius 3 is 2.68 bits per heavy atom. The Bertz CT molecular complexity index is 572. The largest absolute Gasteiger partial charge is 0.350 e. The van der Waals surface area contributed by atoms with E-state index in [2.05, 4.69) is 34.5 Å². The second-order valence-electron chi connectivity index (χ2n) is 5.25. The average Bonchev–Trinajstić information content (AvgIpc) is 2.86. The van der Waals surface area contributed by atoms with Gasteiger partial charge in [0.15, 0.2) is 5.82 Å². The normalized spacial score (nSPS) is 11.7. The molecule has 19 heavy (non-hydrogen) atoms. The van der Waals surface area contributed by atoms with Crippen LogP contribution in [-0.2, 0) is 0 Å². The van der Waals surface area contributed by atoms with Crippen LogP contribution in [0.1, 0.15) is 55.7 Å². The summed E-state index contributed by atoms with van der Waals surface area (Å²) in [5.74, 6) is 1.46. The van der Waals surface area contributed by atoms with E-state index in [4.69, 9.17) is 0 Å². The minimum Gasteiger partial charge on any atom is -0.350 e. The zero-order chi connectivity index (χ0) is 14.0. The van der Waals surface area contributed by atoms with Gasteiger partial charge in [-0.2, -0.15) is 4.52 Å². The van der Waals surface area contributed by atoms with Crippen LogP contribution in [0.5, 0.6) is 0 Å². The second-order valence-corrected chi connectivity index (χ2v) is 6.21. The molecule has 2 aromatic rings. The van der Waals surface area contributed by atoms with Gasteiger partial charge < -0.3 is 5.32 Å². The molecule has 2 rings (SSSR count). The third-order valence-corrected chi connectivity index (χ3v) is 3.63. The Labute approximate surface area is 116 Å². The van der Waals surface area contributed by atoms with Crippen LogP contribution in [0.2, 0.25) is 0 Å². The molecule has 0 fully saturated rings. The van der Waals surface area contributed by atoms with Crippen molar-refractivity contribution in [2.75, 3.05) is 6.54 Å². The zero-order valence-corrected chi connectivity index (χ0v) is 12.5. The summed E-state index contributed by atoms with van der Waals surface area (Å²) in [6.07, 6.45) is 0.965. The summed E-state index contributed by atoms with van der Waals surface area (Å²) in [6, 6.07) is 0. The van der Waals surface area contributed by atoms with Gasteiger partial charge in [0.2, 0.25) is 9.97 Å². The highest BCUT2D eigenvalue weighted by atomic mass is 32.1. The van der Waals surface area contributed by atoms with E-state index in [-0.39, 0.29) is 11.8 Å². The number of aromatic nitrogens is 4. The van der Waals surface area contributed by atoms with E-state index >= 15 is 0 Å². The molecule has 0 radical (unpaired) electrons. The first kappa shape index (κ1) is 13.9. The highest BCUT2D eigenvalue weighted by Crippen LogP contribution is 2.18. The molecular weight excluding hydrogens is 262 g/mol. The summed E-state index contributed by atoms with van der Waals surface area (Å²) < 4.78 is 1.66. The molecule has 7 heteroatoms. The molecule has 0 aliphatic carbocycles. The van der Waals surface area contributed by atoms with Crippen LogP contribution in [0, 0.1) is 5.92 Å². The van der Waals surface area contributed by atoms with E-state index < -0.39 is 0 Å². The Kier molecular flexibility index (Phi) is 4.14. The van der Waals surface area contributed by atoms with E-state index in [0.29, 0.717) is 22.4 Å². The van der Waals surface area contributed by atoms with Crippen molar-refractivity contribution in [3.63, 3.8) is 0 Å². The molecule has 1 N–H and O–H groups in total. The first-order valence-electron chi connectivity index (χ1n) is 6.49. The van der Waals surface area contributed by atoms with E-state index in [9.17, 15) is 4.79 Å². The molecule has 0 aromatic carbocycles. The number of amides is 1. The van der Waals surface area contributed by atoms with Crippen molar-refractivity contribution in [2.45, 2.75) is 40.0 Å². The molecule has 2 aromatic heterocycles. The molecule has 2 heterocycles. The van der Waals surface area contributed by atoms with Crippen LogP contribution in [0.3, 0.4) is 0 Å². The van der Waals surface area contributed by atoms with Crippen LogP contribution in [0.4, 0.5) is 0 Å². The van der Waals surface area contributed by atoms with Crippen molar-refractivity contribution in [1.29, 1.82) is 0 Å². The summed E-state index contributed by atoms with van der Waals surface area (Å²) in [4.78, 5) is 12.6. The SMILES string of the molecule is CC(C)CCNC(=O)c1nn2c(C(C)C)nnc2s1. The lowest BCUT2D eigenvalue weighted by atomic mass is 10.1. The van der Waals surface area contributed by atoms with Crippen LogP contribution < -0.4 is 5.32 Å². The minimum absolute atomic E-state index is 0.133. The van der Waals surface area contributed by atoms with Crippen molar-refractivity contribution in [3.8, 4) is 0 Å². The van der Waals surface area contributed by atoms with Crippen molar-refractivity contribution >= 4 is 22.2 Å². The Morgan fingerprint density at radius 2 is 2.05 bits per heavy atom. The van der Waals surface area contributed by atoms with E-state index in [1.54, 1.807) is 4.52 Å². The minimum atomic E-state index is -0.133. The maximum atomic E-state index is 12.0. The molecule has 0 bridgehead atoms. The second kappa shape index (κ2) is 5.64.